The van der Waals surface area contributed by atoms with E-state index in [0.29, 0.717) is 26.1 Å². The Morgan fingerprint density at radius 2 is 1.95 bits per heavy atom. The van der Waals surface area contributed by atoms with Crippen LogP contribution in [0, 0.1) is 0 Å². The first-order valence-electron chi connectivity index (χ1n) is 6.36. The van der Waals surface area contributed by atoms with Crippen molar-refractivity contribution in [2.24, 2.45) is 0 Å². The Kier molecular flexibility index (Phi) is 4.82. The molecule has 0 atom stereocenters. The van der Waals surface area contributed by atoms with Gasteiger partial charge < -0.3 is 10.1 Å². The predicted octanol–water partition coefficient (Wildman–Crippen LogP) is 2.57. The van der Waals surface area contributed by atoms with E-state index in [1.807, 2.05) is 6.92 Å². The Labute approximate surface area is 133 Å². The molecule has 2 rings (SSSR count). The van der Waals surface area contributed by atoms with E-state index in [-0.39, 0.29) is 26.9 Å². The van der Waals surface area contributed by atoms with Gasteiger partial charge in [-0.25, -0.2) is 8.42 Å². The van der Waals surface area contributed by atoms with E-state index in [1.54, 1.807) is 0 Å². The largest absolute Gasteiger partial charge is 0.381 e. The smallest absolute Gasteiger partial charge is 0.262 e. The van der Waals surface area contributed by atoms with Crippen molar-refractivity contribution in [1.29, 1.82) is 0 Å². The van der Waals surface area contributed by atoms with Gasteiger partial charge in [0.25, 0.3) is 15.0 Å². The first kappa shape index (κ1) is 16.5. The second kappa shape index (κ2) is 6.12. The lowest BCUT2D eigenvalue weighted by Crippen LogP contribution is -2.49. The van der Waals surface area contributed by atoms with Crippen molar-refractivity contribution in [3.8, 4) is 0 Å². The van der Waals surface area contributed by atoms with Crippen LogP contribution in [0.3, 0.4) is 0 Å². The van der Waals surface area contributed by atoms with Gasteiger partial charge in [0, 0.05) is 35.0 Å². The average Bonchev–Trinajstić information content (AvgIpc) is 2.38. The third kappa shape index (κ3) is 4.10. The molecule has 8 heteroatoms. The third-order valence-electron chi connectivity index (χ3n) is 3.47. The molecule has 1 N–H and O–H groups in total. The number of amides is 1. The van der Waals surface area contributed by atoms with Crippen LogP contribution < -0.4 is 5.32 Å². The number of hydrogen-bond donors (Lipinski definition) is 1. The molecule has 5 nitrogen and oxygen atoms in total. The molecule has 21 heavy (non-hydrogen) atoms. The molecule has 1 aliphatic rings. The summed E-state index contributed by atoms with van der Waals surface area (Å²) in [6.45, 7) is 3.10. The highest BCUT2D eigenvalue weighted by molar-refractivity contribution is 8.13. The van der Waals surface area contributed by atoms with E-state index in [4.69, 9.17) is 27.0 Å². The Balaban J connectivity index is 2.24. The number of hydrogen-bond acceptors (Lipinski definition) is 4. The lowest BCUT2D eigenvalue weighted by atomic mass is 9.92. The molecule has 0 aliphatic carbocycles. The highest BCUT2D eigenvalue weighted by Gasteiger charge is 2.29. The zero-order valence-corrected chi connectivity index (χ0v) is 13.7. The second-order valence-corrected chi connectivity index (χ2v) is 8.15. The van der Waals surface area contributed by atoms with Gasteiger partial charge in [0.05, 0.1) is 5.02 Å². The van der Waals surface area contributed by atoms with Crippen LogP contribution in [0.4, 0.5) is 0 Å². The van der Waals surface area contributed by atoms with Gasteiger partial charge in [-0.2, -0.15) is 0 Å². The molecule has 1 aromatic carbocycles. The van der Waals surface area contributed by atoms with Crippen molar-refractivity contribution >= 4 is 37.2 Å². The van der Waals surface area contributed by atoms with Gasteiger partial charge in [0.15, 0.2) is 0 Å². The lowest BCUT2D eigenvalue weighted by molar-refractivity contribution is 0.0423. The minimum atomic E-state index is -4.00. The van der Waals surface area contributed by atoms with Gasteiger partial charge in [0.2, 0.25) is 0 Å². The number of halogens is 2. The van der Waals surface area contributed by atoms with Crippen molar-refractivity contribution < 1.29 is 17.9 Å². The summed E-state index contributed by atoms with van der Waals surface area (Å²) >= 11 is 5.79. The van der Waals surface area contributed by atoms with Crippen LogP contribution in [0.1, 0.15) is 30.1 Å². The monoisotopic (exact) mass is 351 g/mol. The van der Waals surface area contributed by atoms with Gasteiger partial charge in [-0.1, -0.05) is 11.6 Å². The van der Waals surface area contributed by atoms with Gasteiger partial charge in [-0.3, -0.25) is 4.79 Å². The number of rotatable bonds is 3. The summed E-state index contributed by atoms with van der Waals surface area (Å²) in [7, 11) is 1.30. The fourth-order valence-corrected chi connectivity index (χ4v) is 3.62. The summed E-state index contributed by atoms with van der Waals surface area (Å²) in [5.41, 5.74) is -0.166. The van der Waals surface area contributed by atoms with Crippen LogP contribution >= 0.6 is 22.3 Å². The van der Waals surface area contributed by atoms with Crippen LogP contribution in [0.25, 0.3) is 0 Å². The van der Waals surface area contributed by atoms with Crippen LogP contribution in [-0.2, 0) is 13.8 Å². The molecule has 0 saturated carbocycles. The molecule has 0 bridgehead atoms. The maximum absolute atomic E-state index is 12.3. The highest BCUT2D eigenvalue weighted by atomic mass is 35.7. The van der Waals surface area contributed by atoms with E-state index < -0.39 is 9.05 Å². The predicted molar refractivity (Wildman–Crippen MR) is 80.4 cm³/mol. The van der Waals surface area contributed by atoms with Crippen LogP contribution in [0.2, 0.25) is 5.02 Å². The zero-order valence-electron chi connectivity index (χ0n) is 11.4. The van der Waals surface area contributed by atoms with Crippen molar-refractivity contribution in [3.05, 3.63) is 28.8 Å². The SMILES string of the molecule is CC1(NC(=O)c2ccc(Cl)c(S(=O)(=O)Cl)c2)CCOCC1. The fraction of sp³-hybridized carbons (Fsp3) is 0.462. The molecular formula is C13H15Cl2NO4S. The molecule has 1 heterocycles. The van der Waals surface area contributed by atoms with Crippen molar-refractivity contribution in [2.45, 2.75) is 30.2 Å². The maximum Gasteiger partial charge on any atom is 0.262 e. The summed E-state index contributed by atoms with van der Waals surface area (Å²) in [5.74, 6) is -0.363. The fourth-order valence-electron chi connectivity index (χ4n) is 2.12. The number of nitrogens with one attached hydrogen (secondary N) is 1. The Morgan fingerprint density at radius 1 is 1.33 bits per heavy atom. The number of carbonyl (C=O) groups excluding carboxylic acids is 1. The summed E-state index contributed by atoms with van der Waals surface area (Å²) < 4.78 is 28.1. The van der Waals surface area contributed by atoms with Crippen molar-refractivity contribution in [3.63, 3.8) is 0 Å². The van der Waals surface area contributed by atoms with Crippen LogP contribution in [0.5, 0.6) is 0 Å². The van der Waals surface area contributed by atoms with E-state index in [2.05, 4.69) is 5.32 Å². The Hall–Kier alpha value is -0.820. The average molecular weight is 352 g/mol. The maximum atomic E-state index is 12.3. The van der Waals surface area contributed by atoms with E-state index in [0.717, 1.165) is 0 Å². The third-order valence-corrected chi connectivity index (χ3v) is 5.27. The topological polar surface area (TPSA) is 72.5 Å². The summed E-state index contributed by atoms with van der Waals surface area (Å²) in [6, 6.07) is 3.99. The zero-order chi connectivity index (χ0) is 15.7. The normalized spacial score (nSPS) is 18.2. The van der Waals surface area contributed by atoms with Crippen LogP contribution in [0.15, 0.2) is 23.1 Å². The molecule has 1 aromatic rings. The Bertz CT molecular complexity index is 654. The molecule has 0 unspecified atom stereocenters. The molecule has 1 saturated heterocycles. The van der Waals surface area contributed by atoms with E-state index >= 15 is 0 Å². The molecule has 1 aliphatic heterocycles. The van der Waals surface area contributed by atoms with Crippen molar-refractivity contribution in [1.82, 2.24) is 5.32 Å². The molecule has 0 aromatic heterocycles. The Morgan fingerprint density at radius 3 is 2.52 bits per heavy atom. The number of ether oxygens (including phenoxy) is 1. The minimum absolute atomic E-state index is 0.0150. The van der Waals surface area contributed by atoms with Gasteiger partial charge in [-0.15, -0.1) is 0 Å². The van der Waals surface area contributed by atoms with Gasteiger partial charge in [-0.05, 0) is 38.0 Å². The van der Waals surface area contributed by atoms with Crippen LogP contribution in [-0.4, -0.2) is 33.1 Å². The first-order valence-corrected chi connectivity index (χ1v) is 9.04. The highest BCUT2D eigenvalue weighted by Crippen LogP contribution is 2.26. The molecule has 0 spiro atoms. The minimum Gasteiger partial charge on any atom is -0.381 e. The molecular weight excluding hydrogens is 337 g/mol. The summed E-state index contributed by atoms with van der Waals surface area (Å²) in [6.07, 6.45) is 1.40. The second-order valence-electron chi connectivity index (χ2n) is 5.21. The van der Waals surface area contributed by atoms with Gasteiger partial charge in [0.1, 0.15) is 4.90 Å². The van der Waals surface area contributed by atoms with Gasteiger partial charge >= 0.3 is 0 Å². The molecule has 1 fully saturated rings. The summed E-state index contributed by atoms with van der Waals surface area (Å²) in [5, 5.41) is 2.89. The molecule has 0 radical (unpaired) electrons. The lowest BCUT2D eigenvalue weighted by Gasteiger charge is -2.34. The van der Waals surface area contributed by atoms with E-state index in [1.165, 1.54) is 18.2 Å². The van der Waals surface area contributed by atoms with Crippen molar-refractivity contribution in [2.75, 3.05) is 13.2 Å². The first-order chi connectivity index (χ1) is 9.71. The number of carbonyl (C=O) groups is 1. The molecule has 116 valence electrons. The standard InChI is InChI=1S/C13H15Cl2NO4S/c1-13(4-6-20-7-5-13)16-12(17)9-2-3-10(14)11(8-9)21(15,18)19/h2-3,8H,4-7H2,1H3,(H,16,17). The van der Waals surface area contributed by atoms with E-state index in [9.17, 15) is 13.2 Å². The number of benzene rings is 1. The molecule has 1 amide bonds. The quantitative estimate of drug-likeness (QED) is 0.849. The summed E-state index contributed by atoms with van der Waals surface area (Å²) in [4.78, 5) is 12.0.